The summed E-state index contributed by atoms with van der Waals surface area (Å²) in [4.78, 5) is 42.8. The van der Waals surface area contributed by atoms with Crippen LogP contribution in [0.4, 0.5) is 11.4 Å². The number of phenolic OH excluding ortho intramolecular Hbond substituents is 1. The minimum absolute atomic E-state index is 0.0473. The SMILES string of the molecule is COc1c(-c2cccc(C(=O)O)c2)cc(C)cc1[N+](=O)[O-].Cc1cc(-c2cccc(C(=O)O)c2)c(O)c([N+](=O)[O-])c1. The molecule has 0 radical (unpaired) electrons. The number of benzene rings is 4. The van der Waals surface area contributed by atoms with Gasteiger partial charge in [-0.3, -0.25) is 20.2 Å². The Morgan fingerprint density at radius 2 is 1.15 bits per heavy atom. The first-order valence-corrected chi connectivity index (χ1v) is 11.8. The lowest BCUT2D eigenvalue weighted by atomic mass is 9.99. The largest absolute Gasteiger partial charge is 0.502 e. The number of carbonyl (C=O) groups is 2. The number of aromatic carboxylic acids is 2. The fraction of sp³-hybridized carbons (Fsp3) is 0.103. The summed E-state index contributed by atoms with van der Waals surface area (Å²) in [5, 5.41) is 50.0. The summed E-state index contributed by atoms with van der Waals surface area (Å²) in [5.41, 5.74) is 2.60. The number of rotatable bonds is 7. The molecule has 0 unspecified atom stereocenters. The lowest BCUT2D eigenvalue weighted by molar-refractivity contribution is -0.385. The van der Waals surface area contributed by atoms with Crippen LogP contribution < -0.4 is 4.74 Å². The highest BCUT2D eigenvalue weighted by atomic mass is 16.6. The van der Waals surface area contributed by atoms with Gasteiger partial charge >= 0.3 is 23.3 Å². The van der Waals surface area contributed by atoms with Gasteiger partial charge in [-0.05, 0) is 72.5 Å². The molecule has 41 heavy (non-hydrogen) atoms. The zero-order valence-electron chi connectivity index (χ0n) is 22.0. The molecular formula is C29H24N2O10. The third kappa shape index (κ3) is 6.81. The topological polar surface area (TPSA) is 190 Å². The number of carboxylic acid groups (broad SMARTS) is 2. The first-order valence-electron chi connectivity index (χ1n) is 11.8. The van der Waals surface area contributed by atoms with Crippen molar-refractivity contribution in [1.82, 2.24) is 0 Å². The molecule has 0 saturated carbocycles. The third-order valence-corrected chi connectivity index (χ3v) is 5.89. The third-order valence-electron chi connectivity index (χ3n) is 5.89. The molecule has 0 saturated heterocycles. The van der Waals surface area contributed by atoms with Gasteiger partial charge in [0.2, 0.25) is 11.5 Å². The molecule has 12 heteroatoms. The molecule has 0 aliphatic carbocycles. The van der Waals surface area contributed by atoms with Crippen LogP contribution in [0.15, 0.2) is 72.8 Å². The van der Waals surface area contributed by atoms with Crippen LogP contribution in [-0.4, -0.2) is 44.2 Å². The van der Waals surface area contributed by atoms with Crippen LogP contribution in [0.2, 0.25) is 0 Å². The Bertz CT molecular complexity index is 1680. The van der Waals surface area contributed by atoms with Crippen LogP contribution in [-0.2, 0) is 0 Å². The summed E-state index contributed by atoms with van der Waals surface area (Å²) in [5.74, 6) is -2.51. The smallest absolute Gasteiger partial charge is 0.335 e. The van der Waals surface area contributed by atoms with Crippen molar-refractivity contribution < 1.29 is 39.5 Å². The molecule has 4 aromatic rings. The molecule has 12 nitrogen and oxygen atoms in total. The number of hydrogen-bond acceptors (Lipinski definition) is 8. The van der Waals surface area contributed by atoms with Crippen LogP contribution in [0.3, 0.4) is 0 Å². The van der Waals surface area contributed by atoms with E-state index in [0.29, 0.717) is 27.8 Å². The molecule has 0 spiro atoms. The van der Waals surface area contributed by atoms with Crippen molar-refractivity contribution in [2.75, 3.05) is 7.11 Å². The number of aryl methyl sites for hydroxylation is 2. The molecule has 4 rings (SSSR count). The van der Waals surface area contributed by atoms with Crippen molar-refractivity contribution >= 4 is 23.3 Å². The molecule has 0 heterocycles. The Balaban J connectivity index is 0.000000226. The number of aromatic hydroxyl groups is 1. The van der Waals surface area contributed by atoms with E-state index in [4.69, 9.17) is 14.9 Å². The van der Waals surface area contributed by atoms with Gasteiger partial charge in [-0.2, -0.15) is 0 Å². The highest BCUT2D eigenvalue weighted by Gasteiger charge is 2.22. The van der Waals surface area contributed by atoms with Crippen molar-refractivity contribution in [3.05, 3.63) is 115 Å². The van der Waals surface area contributed by atoms with E-state index in [-0.39, 0.29) is 28.1 Å². The second-order valence-electron chi connectivity index (χ2n) is 8.83. The maximum Gasteiger partial charge on any atom is 0.335 e. The summed E-state index contributed by atoms with van der Waals surface area (Å²) >= 11 is 0. The fourth-order valence-corrected chi connectivity index (χ4v) is 4.08. The number of methoxy groups -OCH3 is 1. The van der Waals surface area contributed by atoms with Crippen molar-refractivity contribution in [3.8, 4) is 33.8 Å². The highest BCUT2D eigenvalue weighted by molar-refractivity contribution is 5.91. The van der Waals surface area contributed by atoms with E-state index in [9.17, 15) is 34.9 Å². The van der Waals surface area contributed by atoms with E-state index >= 15 is 0 Å². The zero-order chi connectivity index (χ0) is 30.4. The molecule has 0 bridgehead atoms. The van der Waals surface area contributed by atoms with Crippen LogP contribution in [0.25, 0.3) is 22.3 Å². The van der Waals surface area contributed by atoms with Crippen molar-refractivity contribution in [3.63, 3.8) is 0 Å². The molecule has 0 aromatic heterocycles. The van der Waals surface area contributed by atoms with Gasteiger partial charge in [0.25, 0.3) is 0 Å². The number of hydrogen-bond donors (Lipinski definition) is 3. The van der Waals surface area contributed by atoms with Crippen LogP contribution in [0.1, 0.15) is 31.8 Å². The van der Waals surface area contributed by atoms with Gasteiger partial charge in [-0.15, -0.1) is 0 Å². The zero-order valence-corrected chi connectivity index (χ0v) is 22.0. The normalized spacial score (nSPS) is 10.2. The van der Waals surface area contributed by atoms with E-state index in [1.807, 2.05) is 0 Å². The van der Waals surface area contributed by atoms with E-state index < -0.39 is 33.2 Å². The molecule has 0 aliphatic rings. The number of nitrogens with zero attached hydrogens (tertiary/aromatic N) is 2. The van der Waals surface area contributed by atoms with Gasteiger partial charge in [0.05, 0.1) is 28.1 Å². The monoisotopic (exact) mass is 560 g/mol. The summed E-state index contributed by atoms with van der Waals surface area (Å²) in [6.45, 7) is 3.40. The maximum absolute atomic E-state index is 11.1. The van der Waals surface area contributed by atoms with Gasteiger partial charge < -0.3 is 20.1 Å². The average molecular weight is 561 g/mol. The highest BCUT2D eigenvalue weighted by Crippen LogP contribution is 2.40. The standard InChI is InChI=1S/C15H13NO5.C14H11NO5/c1-9-6-12(14(21-2)13(7-9)16(19)20)10-4-3-5-11(8-10)15(17)18;1-8-5-11(13(16)12(6-8)15(19)20)9-3-2-4-10(7-9)14(17)18/h3-8H,1-2H3,(H,17,18);2-7,16H,1H3,(H,17,18). The molecule has 0 aliphatic heterocycles. The molecule has 3 N–H and O–H groups in total. The van der Waals surface area contributed by atoms with Crippen molar-refractivity contribution in [2.24, 2.45) is 0 Å². The van der Waals surface area contributed by atoms with Crippen LogP contribution >= 0.6 is 0 Å². The fourth-order valence-electron chi connectivity index (χ4n) is 4.08. The molecule has 4 aromatic carbocycles. The quantitative estimate of drug-likeness (QED) is 0.172. The number of phenols is 1. The average Bonchev–Trinajstić information content (AvgIpc) is 2.93. The Morgan fingerprint density at radius 3 is 1.59 bits per heavy atom. The Kier molecular flexibility index (Phi) is 8.99. The summed E-state index contributed by atoms with van der Waals surface area (Å²) in [7, 11) is 1.35. The van der Waals surface area contributed by atoms with E-state index in [2.05, 4.69) is 0 Å². The van der Waals surface area contributed by atoms with E-state index in [1.165, 1.54) is 49.6 Å². The lowest BCUT2D eigenvalue weighted by Gasteiger charge is -2.11. The summed E-state index contributed by atoms with van der Waals surface area (Å²) < 4.78 is 5.16. The molecule has 0 amide bonds. The van der Waals surface area contributed by atoms with Gasteiger partial charge in [0, 0.05) is 23.3 Å². The Labute approximate surface area is 233 Å². The molecule has 210 valence electrons. The maximum atomic E-state index is 11.1. The van der Waals surface area contributed by atoms with E-state index in [0.717, 1.165) is 0 Å². The molecular weight excluding hydrogens is 536 g/mol. The van der Waals surface area contributed by atoms with Crippen LogP contribution in [0.5, 0.6) is 11.5 Å². The van der Waals surface area contributed by atoms with Crippen molar-refractivity contribution in [2.45, 2.75) is 13.8 Å². The van der Waals surface area contributed by atoms with Gasteiger partial charge in [0.1, 0.15) is 0 Å². The number of nitro groups is 2. The van der Waals surface area contributed by atoms with Gasteiger partial charge in [-0.1, -0.05) is 24.3 Å². The number of carboxylic acids is 2. The Hall–Kier alpha value is -5.78. The Morgan fingerprint density at radius 1 is 0.707 bits per heavy atom. The second-order valence-corrected chi connectivity index (χ2v) is 8.83. The molecule has 0 atom stereocenters. The van der Waals surface area contributed by atoms with Gasteiger partial charge in [0.15, 0.2) is 0 Å². The van der Waals surface area contributed by atoms with Crippen molar-refractivity contribution in [1.29, 1.82) is 0 Å². The predicted molar refractivity (Wildman–Crippen MR) is 149 cm³/mol. The van der Waals surface area contributed by atoms with Crippen LogP contribution in [0, 0.1) is 34.1 Å². The predicted octanol–water partition coefficient (Wildman–Crippen LogP) is 6.25. The van der Waals surface area contributed by atoms with E-state index in [1.54, 1.807) is 44.2 Å². The lowest BCUT2D eigenvalue weighted by Crippen LogP contribution is -1.99. The number of nitro benzene ring substituents is 2. The summed E-state index contributed by atoms with van der Waals surface area (Å²) in [6, 6.07) is 18.1. The second kappa shape index (κ2) is 12.4. The first-order chi connectivity index (χ1) is 19.3. The minimum atomic E-state index is -1.10. The molecule has 0 fully saturated rings. The van der Waals surface area contributed by atoms with Gasteiger partial charge in [-0.25, -0.2) is 9.59 Å². The first kappa shape index (κ1) is 29.8. The minimum Gasteiger partial charge on any atom is -0.502 e. The number of ether oxygens (including phenoxy) is 1. The summed E-state index contributed by atoms with van der Waals surface area (Å²) in [6.07, 6.45) is 0.